The highest BCUT2D eigenvalue weighted by Gasteiger charge is 2.09. The molecule has 1 heterocycles. The minimum atomic E-state index is -0.326. The number of aromatic nitrogens is 2. The molecule has 0 aliphatic rings. The molecule has 1 amide bonds. The van der Waals surface area contributed by atoms with Crippen LogP contribution in [-0.4, -0.2) is 22.8 Å². The van der Waals surface area contributed by atoms with E-state index in [4.69, 9.17) is 4.74 Å². The summed E-state index contributed by atoms with van der Waals surface area (Å²) in [6.07, 6.45) is 0.957. The molecule has 6 heteroatoms. The lowest BCUT2D eigenvalue weighted by molar-refractivity contribution is -0.117. The fourth-order valence-corrected chi connectivity index (χ4v) is 2.64. The van der Waals surface area contributed by atoms with Crippen molar-refractivity contribution >= 4 is 11.6 Å². The van der Waals surface area contributed by atoms with Gasteiger partial charge >= 0.3 is 0 Å². The van der Waals surface area contributed by atoms with Crippen molar-refractivity contribution in [1.29, 1.82) is 0 Å². The molecule has 3 rings (SSSR count). The second kappa shape index (κ2) is 8.31. The lowest BCUT2D eigenvalue weighted by atomic mass is 10.1. The molecule has 0 fully saturated rings. The monoisotopic (exact) mass is 363 g/mol. The fourth-order valence-electron chi connectivity index (χ4n) is 2.64. The predicted molar refractivity (Wildman–Crippen MR) is 105 cm³/mol. The molecule has 1 aromatic heterocycles. The van der Waals surface area contributed by atoms with Crippen LogP contribution in [0.2, 0.25) is 0 Å². The molecule has 0 unspecified atom stereocenters. The number of aryl methyl sites for hydroxylation is 1. The molecule has 0 saturated carbocycles. The van der Waals surface area contributed by atoms with E-state index in [2.05, 4.69) is 17.3 Å². The summed E-state index contributed by atoms with van der Waals surface area (Å²) >= 11 is 0. The van der Waals surface area contributed by atoms with Gasteiger partial charge in [0.15, 0.2) is 0 Å². The van der Waals surface area contributed by atoms with E-state index in [9.17, 15) is 9.59 Å². The Hall–Kier alpha value is -3.41. The smallest absolute Gasteiger partial charge is 0.267 e. The number of hydrogen-bond acceptors (Lipinski definition) is 4. The number of carbonyl (C=O) groups excluding carboxylic acids is 1. The highest BCUT2D eigenvalue weighted by molar-refractivity contribution is 5.90. The molecule has 0 bridgehead atoms. The Balaban J connectivity index is 1.75. The number of anilines is 1. The summed E-state index contributed by atoms with van der Waals surface area (Å²) in [4.78, 5) is 24.4. The molecule has 3 aromatic rings. The van der Waals surface area contributed by atoms with E-state index in [1.165, 1.54) is 16.3 Å². The number of rotatable bonds is 6. The average molecular weight is 363 g/mol. The van der Waals surface area contributed by atoms with Gasteiger partial charge in [-0.2, -0.15) is 5.10 Å². The van der Waals surface area contributed by atoms with Gasteiger partial charge in [0, 0.05) is 17.3 Å². The Morgan fingerprint density at radius 3 is 2.37 bits per heavy atom. The third kappa shape index (κ3) is 4.61. The maximum absolute atomic E-state index is 12.3. The number of ether oxygens (including phenoxy) is 1. The number of hydrogen-bond donors (Lipinski definition) is 1. The molecule has 0 atom stereocenters. The van der Waals surface area contributed by atoms with Gasteiger partial charge in [-0.1, -0.05) is 31.2 Å². The first-order chi connectivity index (χ1) is 13.1. The third-order valence-corrected chi connectivity index (χ3v) is 4.19. The first kappa shape index (κ1) is 18.4. The van der Waals surface area contributed by atoms with Gasteiger partial charge in [-0.3, -0.25) is 9.59 Å². The Morgan fingerprint density at radius 1 is 1.04 bits per heavy atom. The van der Waals surface area contributed by atoms with E-state index in [0.717, 1.165) is 12.0 Å². The number of nitrogens with one attached hydrogen (secondary N) is 1. The van der Waals surface area contributed by atoms with Gasteiger partial charge < -0.3 is 10.1 Å². The zero-order valence-corrected chi connectivity index (χ0v) is 15.3. The molecule has 2 aromatic carbocycles. The van der Waals surface area contributed by atoms with Gasteiger partial charge in [-0.25, -0.2) is 4.68 Å². The van der Waals surface area contributed by atoms with Gasteiger partial charge in [0.25, 0.3) is 5.56 Å². The van der Waals surface area contributed by atoms with E-state index in [1.54, 1.807) is 37.4 Å². The number of amides is 1. The van der Waals surface area contributed by atoms with Crippen molar-refractivity contribution in [3.05, 3.63) is 76.6 Å². The van der Waals surface area contributed by atoms with Gasteiger partial charge in [0.05, 0.1) is 12.8 Å². The molecule has 0 aliphatic carbocycles. The fraction of sp³-hybridized carbons (Fsp3) is 0.190. The molecule has 0 aliphatic heterocycles. The molecule has 27 heavy (non-hydrogen) atoms. The van der Waals surface area contributed by atoms with Crippen LogP contribution in [0.5, 0.6) is 5.75 Å². The molecule has 0 radical (unpaired) electrons. The van der Waals surface area contributed by atoms with Gasteiger partial charge in [-0.05, 0) is 42.3 Å². The lowest BCUT2D eigenvalue weighted by Gasteiger charge is -2.09. The van der Waals surface area contributed by atoms with Crippen molar-refractivity contribution in [2.75, 3.05) is 12.4 Å². The summed E-state index contributed by atoms with van der Waals surface area (Å²) in [5.41, 5.74) is 3.07. The van der Waals surface area contributed by atoms with Crippen molar-refractivity contribution in [3.63, 3.8) is 0 Å². The van der Waals surface area contributed by atoms with E-state index in [-0.39, 0.29) is 18.0 Å². The summed E-state index contributed by atoms with van der Waals surface area (Å²) in [6, 6.07) is 18.1. The molecule has 6 nitrogen and oxygen atoms in total. The van der Waals surface area contributed by atoms with Crippen molar-refractivity contribution in [2.24, 2.45) is 0 Å². The molecular weight excluding hydrogens is 342 g/mol. The summed E-state index contributed by atoms with van der Waals surface area (Å²) in [5.74, 6) is 0.376. The predicted octanol–water partition coefficient (Wildman–Crippen LogP) is 3.12. The minimum absolute atomic E-state index is 0.161. The Kier molecular flexibility index (Phi) is 5.66. The molecule has 1 N–H and O–H groups in total. The van der Waals surface area contributed by atoms with Crippen molar-refractivity contribution in [1.82, 2.24) is 9.78 Å². The van der Waals surface area contributed by atoms with E-state index >= 15 is 0 Å². The van der Waals surface area contributed by atoms with Crippen LogP contribution in [0, 0.1) is 0 Å². The number of methoxy groups -OCH3 is 1. The van der Waals surface area contributed by atoms with Crippen LogP contribution >= 0.6 is 0 Å². The van der Waals surface area contributed by atoms with E-state index in [1.807, 2.05) is 24.3 Å². The van der Waals surface area contributed by atoms with Crippen molar-refractivity contribution in [2.45, 2.75) is 19.9 Å². The van der Waals surface area contributed by atoms with Crippen LogP contribution in [-0.2, 0) is 17.8 Å². The SMILES string of the molecule is CCc1ccc(-c2ccc(=O)n(CC(=O)Nc3ccc(OC)cc3)n2)cc1. The standard InChI is InChI=1S/C21H21N3O3/c1-3-15-4-6-16(7-5-15)19-12-13-21(26)24(23-19)14-20(25)22-17-8-10-18(27-2)11-9-17/h4-13H,3,14H2,1-2H3,(H,22,25). The largest absolute Gasteiger partial charge is 0.497 e. The zero-order chi connectivity index (χ0) is 19.2. The molecule has 0 spiro atoms. The minimum Gasteiger partial charge on any atom is -0.497 e. The molecular formula is C21H21N3O3. The average Bonchev–Trinajstić information content (AvgIpc) is 2.70. The number of benzene rings is 2. The second-order valence-corrected chi connectivity index (χ2v) is 6.04. The highest BCUT2D eigenvalue weighted by Crippen LogP contribution is 2.17. The topological polar surface area (TPSA) is 73.2 Å². The first-order valence-corrected chi connectivity index (χ1v) is 8.70. The van der Waals surface area contributed by atoms with Crippen molar-refractivity contribution in [3.8, 4) is 17.0 Å². The summed E-state index contributed by atoms with van der Waals surface area (Å²) in [7, 11) is 1.58. The zero-order valence-electron chi connectivity index (χ0n) is 15.3. The maximum atomic E-state index is 12.3. The highest BCUT2D eigenvalue weighted by atomic mass is 16.5. The Bertz CT molecular complexity index is 977. The normalized spacial score (nSPS) is 10.4. The van der Waals surface area contributed by atoms with Crippen LogP contribution in [0.25, 0.3) is 11.3 Å². The maximum Gasteiger partial charge on any atom is 0.267 e. The first-order valence-electron chi connectivity index (χ1n) is 8.70. The Morgan fingerprint density at radius 2 is 1.74 bits per heavy atom. The van der Waals surface area contributed by atoms with Gasteiger partial charge in [-0.15, -0.1) is 0 Å². The molecule has 0 saturated heterocycles. The van der Waals surface area contributed by atoms with Crippen LogP contribution in [0.4, 0.5) is 5.69 Å². The Labute approximate surface area is 157 Å². The van der Waals surface area contributed by atoms with Gasteiger partial charge in [0.2, 0.25) is 5.91 Å². The summed E-state index contributed by atoms with van der Waals surface area (Å²) < 4.78 is 6.26. The van der Waals surface area contributed by atoms with Crippen LogP contribution in [0.15, 0.2) is 65.5 Å². The summed E-state index contributed by atoms with van der Waals surface area (Å²) in [5, 5.41) is 7.08. The van der Waals surface area contributed by atoms with Gasteiger partial charge in [0.1, 0.15) is 12.3 Å². The van der Waals surface area contributed by atoms with E-state index < -0.39 is 0 Å². The van der Waals surface area contributed by atoms with Crippen LogP contribution in [0.1, 0.15) is 12.5 Å². The summed E-state index contributed by atoms with van der Waals surface area (Å²) in [6.45, 7) is 1.93. The second-order valence-electron chi connectivity index (χ2n) is 6.04. The molecule has 138 valence electrons. The lowest BCUT2D eigenvalue weighted by Crippen LogP contribution is -2.29. The van der Waals surface area contributed by atoms with E-state index in [0.29, 0.717) is 17.1 Å². The third-order valence-electron chi connectivity index (χ3n) is 4.19. The van der Waals surface area contributed by atoms with Crippen molar-refractivity contribution < 1.29 is 9.53 Å². The quantitative estimate of drug-likeness (QED) is 0.730. The number of carbonyl (C=O) groups is 1. The van der Waals surface area contributed by atoms with Crippen LogP contribution < -0.4 is 15.6 Å². The number of nitrogens with zero attached hydrogens (tertiary/aromatic N) is 2. The van der Waals surface area contributed by atoms with Crippen LogP contribution in [0.3, 0.4) is 0 Å².